The molecule has 6 nitrogen and oxygen atoms in total. The number of aliphatic imine (C=N–C) groups is 1. The second-order valence-electron chi connectivity index (χ2n) is 6.29. The molecule has 0 bridgehead atoms. The number of likely N-dealkylation sites (N-methyl/N-ethyl adjacent to an activating group) is 1. The fourth-order valence-corrected chi connectivity index (χ4v) is 2.79. The van der Waals surface area contributed by atoms with E-state index < -0.39 is 0 Å². The van der Waals surface area contributed by atoms with Gasteiger partial charge in [0.25, 0.3) is 0 Å². The summed E-state index contributed by atoms with van der Waals surface area (Å²) in [5.74, 6) is 0.700. The molecule has 2 N–H and O–H groups in total. The maximum Gasteiger partial charge on any atom is 0.243 e. The van der Waals surface area contributed by atoms with Crippen molar-refractivity contribution in [3.63, 3.8) is 0 Å². The Bertz CT molecular complexity index is 363. The highest BCUT2D eigenvalue weighted by Crippen LogP contribution is 2.40. The number of rotatable bonds is 8. The Balaban J connectivity index is 2.56. The second kappa shape index (κ2) is 9.66. The molecular weight excluding hydrogens is 280 g/mol. The van der Waals surface area contributed by atoms with Crippen LogP contribution in [0.5, 0.6) is 0 Å². The summed E-state index contributed by atoms with van der Waals surface area (Å²) >= 11 is 0. The van der Waals surface area contributed by atoms with Crippen molar-refractivity contribution in [1.82, 2.24) is 15.5 Å². The van der Waals surface area contributed by atoms with Crippen molar-refractivity contribution in [3.8, 4) is 0 Å². The molecule has 0 unspecified atom stereocenters. The predicted molar refractivity (Wildman–Crippen MR) is 90.1 cm³/mol. The van der Waals surface area contributed by atoms with Gasteiger partial charge in [-0.3, -0.25) is 4.79 Å². The lowest BCUT2D eigenvalue weighted by molar-refractivity contribution is -0.127. The lowest BCUT2D eigenvalue weighted by Gasteiger charge is -2.28. The summed E-state index contributed by atoms with van der Waals surface area (Å²) in [4.78, 5) is 17.6. The standard InChI is InChI=1S/C16H32N4O2/c1-5-16(8-6-7-9-16)13-19-15(17-10-11-22-4)18-12-14(21)20(2)3/h5-13H2,1-4H3,(H2,17,18,19). The van der Waals surface area contributed by atoms with Gasteiger partial charge < -0.3 is 20.3 Å². The first-order valence-electron chi connectivity index (χ1n) is 8.24. The Labute approximate surface area is 134 Å². The first-order chi connectivity index (χ1) is 10.5. The molecule has 1 aliphatic carbocycles. The van der Waals surface area contributed by atoms with Gasteiger partial charge in [-0.05, 0) is 24.7 Å². The van der Waals surface area contributed by atoms with Gasteiger partial charge in [-0.1, -0.05) is 19.8 Å². The van der Waals surface area contributed by atoms with Crippen LogP contribution in [0.1, 0.15) is 39.0 Å². The minimum absolute atomic E-state index is 0.00101. The number of nitrogens with one attached hydrogen (secondary N) is 2. The Kier molecular flexibility index (Phi) is 8.24. The topological polar surface area (TPSA) is 66.0 Å². The third kappa shape index (κ3) is 6.22. The second-order valence-corrected chi connectivity index (χ2v) is 6.29. The summed E-state index contributed by atoms with van der Waals surface area (Å²) in [6, 6.07) is 0. The molecule has 0 saturated heterocycles. The van der Waals surface area contributed by atoms with Crippen molar-refractivity contribution in [3.05, 3.63) is 0 Å². The fourth-order valence-electron chi connectivity index (χ4n) is 2.79. The molecule has 22 heavy (non-hydrogen) atoms. The van der Waals surface area contributed by atoms with Crippen molar-refractivity contribution < 1.29 is 9.53 Å². The molecule has 1 saturated carbocycles. The minimum atomic E-state index is -0.00101. The number of carbonyl (C=O) groups excluding carboxylic acids is 1. The van der Waals surface area contributed by atoms with Gasteiger partial charge in [0.05, 0.1) is 6.61 Å². The molecule has 1 aliphatic rings. The average molecular weight is 312 g/mol. The number of ether oxygens (including phenoxy) is 1. The molecule has 0 atom stereocenters. The van der Waals surface area contributed by atoms with Gasteiger partial charge in [0.15, 0.2) is 5.96 Å². The Morgan fingerprint density at radius 3 is 2.50 bits per heavy atom. The van der Waals surface area contributed by atoms with Crippen LogP contribution in [0.25, 0.3) is 0 Å². The van der Waals surface area contributed by atoms with Crippen molar-refractivity contribution in [1.29, 1.82) is 0 Å². The number of methoxy groups -OCH3 is 1. The number of amides is 1. The van der Waals surface area contributed by atoms with E-state index in [4.69, 9.17) is 4.74 Å². The lowest BCUT2D eigenvalue weighted by atomic mass is 9.83. The predicted octanol–water partition coefficient (Wildman–Crippen LogP) is 1.23. The van der Waals surface area contributed by atoms with Crippen molar-refractivity contribution >= 4 is 11.9 Å². The Morgan fingerprint density at radius 2 is 1.95 bits per heavy atom. The zero-order chi connectivity index (χ0) is 16.4. The van der Waals surface area contributed by atoms with Crippen LogP contribution in [0.3, 0.4) is 0 Å². The summed E-state index contributed by atoms with van der Waals surface area (Å²) in [6.07, 6.45) is 6.37. The van der Waals surface area contributed by atoms with Crippen LogP contribution in [0.2, 0.25) is 0 Å². The quantitative estimate of drug-likeness (QED) is 0.402. The van der Waals surface area contributed by atoms with Gasteiger partial charge >= 0.3 is 0 Å². The molecule has 0 aromatic rings. The van der Waals surface area contributed by atoms with E-state index in [1.54, 1.807) is 26.1 Å². The van der Waals surface area contributed by atoms with E-state index in [1.807, 2.05) is 0 Å². The molecule has 0 aliphatic heterocycles. The summed E-state index contributed by atoms with van der Waals surface area (Å²) < 4.78 is 5.05. The number of hydrogen-bond acceptors (Lipinski definition) is 3. The highest BCUT2D eigenvalue weighted by atomic mass is 16.5. The molecule has 1 fully saturated rings. The SMILES string of the molecule is CCC1(CNC(=NCC(=O)N(C)C)NCCOC)CCCC1. The lowest BCUT2D eigenvalue weighted by Crippen LogP contribution is -2.44. The number of nitrogens with zero attached hydrogens (tertiary/aromatic N) is 2. The van der Waals surface area contributed by atoms with Crippen LogP contribution in [0.4, 0.5) is 0 Å². The molecule has 0 aromatic heterocycles. The van der Waals surface area contributed by atoms with Crippen molar-refractivity contribution in [2.45, 2.75) is 39.0 Å². The van der Waals surface area contributed by atoms with E-state index in [0.717, 1.165) is 6.54 Å². The largest absolute Gasteiger partial charge is 0.383 e. The van der Waals surface area contributed by atoms with E-state index >= 15 is 0 Å². The number of guanidine groups is 1. The van der Waals surface area contributed by atoms with Crippen LogP contribution in [0.15, 0.2) is 4.99 Å². The first-order valence-corrected chi connectivity index (χ1v) is 8.24. The van der Waals surface area contributed by atoms with Gasteiger partial charge in [0, 0.05) is 34.3 Å². The molecular formula is C16H32N4O2. The Morgan fingerprint density at radius 1 is 1.27 bits per heavy atom. The van der Waals surface area contributed by atoms with Gasteiger partial charge in [-0.15, -0.1) is 0 Å². The number of hydrogen-bond donors (Lipinski definition) is 2. The summed E-state index contributed by atoms with van der Waals surface area (Å²) in [6.45, 7) is 4.63. The number of carbonyl (C=O) groups is 1. The summed E-state index contributed by atoms with van der Waals surface area (Å²) in [7, 11) is 5.16. The molecule has 0 radical (unpaired) electrons. The smallest absolute Gasteiger partial charge is 0.243 e. The maximum atomic E-state index is 11.7. The zero-order valence-electron chi connectivity index (χ0n) is 14.6. The summed E-state index contributed by atoms with van der Waals surface area (Å²) in [5, 5.41) is 6.64. The molecule has 1 rings (SSSR count). The highest BCUT2D eigenvalue weighted by Gasteiger charge is 2.31. The van der Waals surface area contributed by atoms with Gasteiger partial charge in [0.1, 0.15) is 6.54 Å². The van der Waals surface area contributed by atoms with E-state index in [9.17, 15) is 4.79 Å². The fraction of sp³-hybridized carbons (Fsp3) is 0.875. The van der Waals surface area contributed by atoms with Gasteiger partial charge in [-0.2, -0.15) is 0 Å². The monoisotopic (exact) mass is 312 g/mol. The molecule has 0 spiro atoms. The molecule has 0 aromatic carbocycles. The van der Waals surface area contributed by atoms with E-state index in [0.29, 0.717) is 24.5 Å². The molecule has 6 heteroatoms. The normalized spacial score (nSPS) is 17.4. The molecule has 128 valence electrons. The third-order valence-electron chi connectivity index (χ3n) is 4.51. The molecule has 1 amide bonds. The van der Waals surface area contributed by atoms with E-state index in [2.05, 4.69) is 22.5 Å². The average Bonchev–Trinajstić information content (AvgIpc) is 2.98. The zero-order valence-corrected chi connectivity index (χ0v) is 14.6. The van der Waals surface area contributed by atoms with Crippen molar-refractivity contribution in [2.24, 2.45) is 10.4 Å². The molecule has 0 heterocycles. The maximum absolute atomic E-state index is 11.7. The van der Waals surface area contributed by atoms with Crippen LogP contribution < -0.4 is 10.6 Å². The highest BCUT2D eigenvalue weighted by molar-refractivity contribution is 5.84. The van der Waals surface area contributed by atoms with E-state index in [1.165, 1.54) is 32.1 Å². The first kappa shape index (κ1) is 18.7. The van der Waals surface area contributed by atoms with Crippen LogP contribution in [-0.2, 0) is 9.53 Å². The van der Waals surface area contributed by atoms with Gasteiger partial charge in [0.2, 0.25) is 5.91 Å². The summed E-state index contributed by atoms with van der Waals surface area (Å²) in [5.41, 5.74) is 0.384. The van der Waals surface area contributed by atoms with Crippen LogP contribution >= 0.6 is 0 Å². The van der Waals surface area contributed by atoms with E-state index in [-0.39, 0.29) is 12.5 Å². The van der Waals surface area contributed by atoms with Crippen molar-refractivity contribution in [2.75, 3.05) is 47.4 Å². The minimum Gasteiger partial charge on any atom is -0.383 e. The third-order valence-corrected chi connectivity index (χ3v) is 4.51. The van der Waals surface area contributed by atoms with Gasteiger partial charge in [-0.25, -0.2) is 4.99 Å². The van der Waals surface area contributed by atoms with Crippen LogP contribution in [-0.4, -0.2) is 64.2 Å². The Hall–Kier alpha value is -1.30. The van der Waals surface area contributed by atoms with Crippen LogP contribution in [0, 0.1) is 5.41 Å².